The Morgan fingerprint density at radius 3 is 2.19 bits per heavy atom. The molecule has 0 aliphatic heterocycles. The van der Waals surface area contributed by atoms with Crippen LogP contribution < -0.4 is 0 Å². The first-order chi connectivity index (χ1) is 7.75. The summed E-state index contributed by atoms with van der Waals surface area (Å²) in [6, 6.07) is 0. The summed E-state index contributed by atoms with van der Waals surface area (Å²) in [5.41, 5.74) is 0. The van der Waals surface area contributed by atoms with E-state index in [1.807, 2.05) is 0 Å². The van der Waals surface area contributed by atoms with Gasteiger partial charge >= 0.3 is 0 Å². The average molecular weight is 222 g/mol. The predicted molar refractivity (Wildman–Crippen MR) is 71.5 cm³/mol. The summed E-state index contributed by atoms with van der Waals surface area (Å²) < 4.78 is 0. The minimum absolute atomic E-state index is 0.925. The van der Waals surface area contributed by atoms with E-state index in [9.17, 15) is 0 Å². The van der Waals surface area contributed by atoms with Crippen molar-refractivity contribution >= 4 is 0 Å². The van der Waals surface area contributed by atoms with Gasteiger partial charge in [-0.2, -0.15) is 0 Å². The van der Waals surface area contributed by atoms with E-state index in [-0.39, 0.29) is 0 Å². The fourth-order valence-corrected chi connectivity index (χ4v) is 4.05. The molecule has 0 bridgehead atoms. The molecule has 2 rings (SSSR count). The first-order valence-corrected chi connectivity index (χ1v) is 7.75. The second-order valence-corrected chi connectivity index (χ2v) is 6.78. The summed E-state index contributed by atoms with van der Waals surface area (Å²) in [6.07, 6.45) is 15.3. The zero-order valence-electron chi connectivity index (χ0n) is 11.4. The number of hydrogen-bond donors (Lipinski definition) is 0. The van der Waals surface area contributed by atoms with Crippen LogP contribution in [0.4, 0.5) is 0 Å². The van der Waals surface area contributed by atoms with Crippen LogP contribution in [0.1, 0.15) is 78.1 Å². The van der Waals surface area contributed by atoms with Crippen molar-refractivity contribution in [2.45, 2.75) is 78.1 Å². The first-order valence-electron chi connectivity index (χ1n) is 7.75. The third kappa shape index (κ3) is 3.50. The molecular weight excluding hydrogens is 192 g/mol. The maximum atomic E-state index is 2.42. The van der Waals surface area contributed by atoms with Gasteiger partial charge in [0.1, 0.15) is 0 Å². The van der Waals surface area contributed by atoms with Gasteiger partial charge in [-0.15, -0.1) is 0 Å². The molecule has 0 aromatic carbocycles. The van der Waals surface area contributed by atoms with Gasteiger partial charge in [0.25, 0.3) is 0 Å². The van der Waals surface area contributed by atoms with E-state index >= 15 is 0 Å². The van der Waals surface area contributed by atoms with Crippen molar-refractivity contribution in [1.82, 2.24) is 0 Å². The Morgan fingerprint density at radius 1 is 0.812 bits per heavy atom. The molecule has 2 saturated carbocycles. The Balaban J connectivity index is 1.75. The van der Waals surface area contributed by atoms with E-state index in [1.165, 1.54) is 32.1 Å². The molecule has 0 N–H and O–H groups in total. The zero-order chi connectivity index (χ0) is 11.4. The fraction of sp³-hybridized carbons (Fsp3) is 1.00. The minimum Gasteiger partial charge on any atom is -0.0625 e. The molecule has 0 amide bonds. The maximum Gasteiger partial charge on any atom is -0.0388 e. The molecule has 2 unspecified atom stereocenters. The number of hydrogen-bond acceptors (Lipinski definition) is 0. The lowest BCUT2D eigenvalue weighted by Crippen LogP contribution is -2.22. The third-order valence-corrected chi connectivity index (χ3v) is 5.16. The molecule has 2 fully saturated rings. The summed E-state index contributed by atoms with van der Waals surface area (Å²) in [6.45, 7) is 4.85. The van der Waals surface area contributed by atoms with Crippen molar-refractivity contribution < 1.29 is 0 Å². The summed E-state index contributed by atoms with van der Waals surface area (Å²) in [5.74, 6) is 4.16. The van der Waals surface area contributed by atoms with E-state index in [0.29, 0.717) is 0 Å². The molecule has 0 aromatic rings. The smallest absolute Gasteiger partial charge is 0.0388 e. The van der Waals surface area contributed by atoms with Crippen LogP contribution in [0.3, 0.4) is 0 Å². The van der Waals surface area contributed by atoms with Gasteiger partial charge in [-0.25, -0.2) is 0 Å². The fourth-order valence-electron chi connectivity index (χ4n) is 4.05. The number of rotatable bonds is 3. The summed E-state index contributed by atoms with van der Waals surface area (Å²) in [7, 11) is 0. The second-order valence-electron chi connectivity index (χ2n) is 6.78. The van der Waals surface area contributed by atoms with E-state index in [1.54, 1.807) is 32.1 Å². The standard InChI is InChI=1S/C16H30/c1-13(2)16-10-6-9-15(12-16)11-14-7-4-3-5-8-14/h13-16H,3-12H2,1-2H3. The van der Waals surface area contributed by atoms with Crippen molar-refractivity contribution in [3.8, 4) is 0 Å². The molecule has 0 heteroatoms. The van der Waals surface area contributed by atoms with E-state index in [2.05, 4.69) is 13.8 Å². The van der Waals surface area contributed by atoms with Crippen LogP contribution in [-0.4, -0.2) is 0 Å². The van der Waals surface area contributed by atoms with Crippen LogP contribution in [0, 0.1) is 23.7 Å². The molecule has 0 radical (unpaired) electrons. The Hall–Kier alpha value is 0. The quantitative estimate of drug-likeness (QED) is 0.598. The molecule has 2 atom stereocenters. The highest BCUT2D eigenvalue weighted by Gasteiger charge is 2.26. The molecule has 0 nitrogen and oxygen atoms in total. The Kier molecular flexibility index (Phi) is 4.73. The molecule has 0 spiro atoms. The van der Waals surface area contributed by atoms with Crippen molar-refractivity contribution in [2.24, 2.45) is 23.7 Å². The average Bonchev–Trinajstić information content (AvgIpc) is 2.30. The van der Waals surface area contributed by atoms with Crippen LogP contribution in [0.5, 0.6) is 0 Å². The normalized spacial score (nSPS) is 33.2. The van der Waals surface area contributed by atoms with E-state index in [4.69, 9.17) is 0 Å². The minimum atomic E-state index is 0.925. The van der Waals surface area contributed by atoms with Gasteiger partial charge in [-0.3, -0.25) is 0 Å². The van der Waals surface area contributed by atoms with Crippen molar-refractivity contribution in [2.75, 3.05) is 0 Å². The van der Waals surface area contributed by atoms with E-state index < -0.39 is 0 Å². The lowest BCUT2D eigenvalue weighted by molar-refractivity contribution is 0.175. The van der Waals surface area contributed by atoms with Gasteiger partial charge in [0.15, 0.2) is 0 Å². The molecule has 2 aliphatic rings. The van der Waals surface area contributed by atoms with Crippen LogP contribution in [0.25, 0.3) is 0 Å². The highest BCUT2D eigenvalue weighted by Crippen LogP contribution is 2.39. The van der Waals surface area contributed by atoms with Gasteiger partial charge in [0, 0.05) is 0 Å². The Bertz CT molecular complexity index is 188. The first kappa shape index (κ1) is 12.5. The third-order valence-electron chi connectivity index (χ3n) is 5.16. The molecule has 2 aliphatic carbocycles. The Labute approximate surface area is 102 Å². The highest BCUT2D eigenvalue weighted by molar-refractivity contribution is 4.78. The molecular formula is C16H30. The van der Waals surface area contributed by atoms with Gasteiger partial charge in [-0.1, -0.05) is 65.2 Å². The van der Waals surface area contributed by atoms with E-state index in [0.717, 1.165) is 23.7 Å². The van der Waals surface area contributed by atoms with Crippen LogP contribution >= 0.6 is 0 Å². The zero-order valence-corrected chi connectivity index (χ0v) is 11.4. The van der Waals surface area contributed by atoms with Crippen molar-refractivity contribution in [1.29, 1.82) is 0 Å². The summed E-state index contributed by atoms with van der Waals surface area (Å²) in [4.78, 5) is 0. The molecule has 16 heavy (non-hydrogen) atoms. The van der Waals surface area contributed by atoms with Crippen LogP contribution in [0.15, 0.2) is 0 Å². The molecule has 0 heterocycles. The van der Waals surface area contributed by atoms with Gasteiger partial charge in [0.2, 0.25) is 0 Å². The molecule has 0 aromatic heterocycles. The largest absolute Gasteiger partial charge is 0.0625 e. The van der Waals surface area contributed by atoms with Crippen LogP contribution in [-0.2, 0) is 0 Å². The van der Waals surface area contributed by atoms with Crippen molar-refractivity contribution in [3.63, 3.8) is 0 Å². The maximum absolute atomic E-state index is 2.42. The van der Waals surface area contributed by atoms with Crippen molar-refractivity contribution in [3.05, 3.63) is 0 Å². The monoisotopic (exact) mass is 222 g/mol. The second kappa shape index (κ2) is 6.07. The highest BCUT2D eigenvalue weighted by atomic mass is 14.3. The van der Waals surface area contributed by atoms with Gasteiger partial charge in [-0.05, 0) is 36.5 Å². The Morgan fingerprint density at radius 2 is 1.50 bits per heavy atom. The lowest BCUT2D eigenvalue weighted by Gasteiger charge is -2.34. The molecule has 94 valence electrons. The predicted octanol–water partition coefficient (Wildman–Crippen LogP) is 5.42. The van der Waals surface area contributed by atoms with Crippen LogP contribution in [0.2, 0.25) is 0 Å². The summed E-state index contributed by atoms with van der Waals surface area (Å²) in [5, 5.41) is 0. The van der Waals surface area contributed by atoms with Gasteiger partial charge in [0.05, 0.1) is 0 Å². The lowest BCUT2D eigenvalue weighted by atomic mass is 9.72. The summed E-state index contributed by atoms with van der Waals surface area (Å²) >= 11 is 0. The topological polar surface area (TPSA) is 0 Å². The van der Waals surface area contributed by atoms with Gasteiger partial charge < -0.3 is 0 Å². The SMILES string of the molecule is CC(C)C1CCCC(CC2CCCCC2)C1. The molecule has 0 saturated heterocycles.